The number of likely N-dealkylation sites (N-methyl/N-ethyl adjacent to an activating group) is 1. The summed E-state index contributed by atoms with van der Waals surface area (Å²) in [4.78, 5) is 26.3. The second-order valence-electron chi connectivity index (χ2n) is 7.25. The third-order valence-corrected chi connectivity index (χ3v) is 7.64. The standard InChI is InChI=1S/C17H22N4O4S/c1-18-12-5-4-11(16(18)22)9-21(10-12)26(24,25)13-6-7-14-15(8-13)20(3)17(23)19(14)2/h6-8,11-12H,4-5,9-10H2,1-3H3/t11-,12+/m1/s1. The lowest BCUT2D eigenvalue weighted by Gasteiger charge is -2.32. The number of piperidine rings is 1. The number of benzene rings is 1. The molecule has 5 rings (SSSR count). The van der Waals surface area contributed by atoms with Gasteiger partial charge in [0.05, 0.1) is 21.8 Å². The van der Waals surface area contributed by atoms with Gasteiger partial charge in [0.1, 0.15) is 0 Å². The third kappa shape index (κ3) is 2.34. The maximum absolute atomic E-state index is 13.2. The van der Waals surface area contributed by atoms with Crippen molar-refractivity contribution in [3.8, 4) is 0 Å². The molecule has 0 unspecified atom stereocenters. The molecule has 1 aromatic carbocycles. The molecule has 26 heavy (non-hydrogen) atoms. The van der Waals surface area contributed by atoms with Crippen LogP contribution in [-0.4, -0.2) is 58.8 Å². The SMILES string of the molecule is CN1C(=O)[C@@H]2CC[C@H]1CN(S(=O)(=O)c1ccc3c(c1)n(C)c(=O)n3C)C2. The molecule has 0 N–H and O–H groups in total. The van der Waals surface area contributed by atoms with E-state index in [1.165, 1.54) is 19.5 Å². The van der Waals surface area contributed by atoms with E-state index in [0.717, 1.165) is 12.8 Å². The summed E-state index contributed by atoms with van der Waals surface area (Å²) in [6, 6.07) is 4.66. The van der Waals surface area contributed by atoms with E-state index in [-0.39, 0.29) is 35.0 Å². The van der Waals surface area contributed by atoms with Crippen LogP contribution in [0.25, 0.3) is 11.0 Å². The van der Waals surface area contributed by atoms with Crippen LogP contribution < -0.4 is 5.69 Å². The summed E-state index contributed by atoms with van der Waals surface area (Å²) in [7, 11) is 1.30. The van der Waals surface area contributed by atoms with Gasteiger partial charge in [0, 0.05) is 40.3 Å². The van der Waals surface area contributed by atoms with Crippen LogP contribution in [0.1, 0.15) is 12.8 Å². The van der Waals surface area contributed by atoms with Gasteiger partial charge in [-0.3, -0.25) is 13.9 Å². The number of nitrogens with zero attached hydrogens (tertiary/aromatic N) is 4. The molecule has 2 atom stereocenters. The van der Waals surface area contributed by atoms with Crippen LogP contribution in [0.2, 0.25) is 0 Å². The lowest BCUT2D eigenvalue weighted by molar-refractivity contribution is -0.138. The first-order chi connectivity index (χ1) is 12.2. The zero-order valence-corrected chi connectivity index (χ0v) is 15.9. The van der Waals surface area contributed by atoms with Gasteiger partial charge in [0.2, 0.25) is 15.9 Å². The van der Waals surface area contributed by atoms with Gasteiger partial charge in [-0.2, -0.15) is 4.31 Å². The number of amides is 1. The van der Waals surface area contributed by atoms with Crippen LogP contribution in [-0.2, 0) is 28.9 Å². The lowest BCUT2D eigenvalue weighted by Crippen LogP contribution is -2.45. The largest absolute Gasteiger partial charge is 0.341 e. The molecule has 0 saturated carbocycles. The van der Waals surface area contributed by atoms with Crippen molar-refractivity contribution < 1.29 is 13.2 Å². The van der Waals surface area contributed by atoms with E-state index in [9.17, 15) is 18.0 Å². The van der Waals surface area contributed by atoms with E-state index in [0.29, 0.717) is 17.6 Å². The zero-order valence-electron chi connectivity index (χ0n) is 15.0. The van der Waals surface area contributed by atoms with Gasteiger partial charge >= 0.3 is 5.69 Å². The quantitative estimate of drug-likeness (QED) is 0.743. The van der Waals surface area contributed by atoms with Gasteiger partial charge in [0.25, 0.3) is 0 Å². The van der Waals surface area contributed by atoms with Crippen molar-refractivity contribution in [3.05, 3.63) is 28.7 Å². The van der Waals surface area contributed by atoms with Gasteiger partial charge < -0.3 is 4.90 Å². The molecule has 9 heteroatoms. The van der Waals surface area contributed by atoms with Crippen molar-refractivity contribution in [2.75, 3.05) is 20.1 Å². The molecule has 8 nitrogen and oxygen atoms in total. The van der Waals surface area contributed by atoms with Crippen LogP contribution in [0.3, 0.4) is 0 Å². The highest BCUT2D eigenvalue weighted by atomic mass is 32.2. The minimum atomic E-state index is -3.74. The topological polar surface area (TPSA) is 84.6 Å². The van der Waals surface area contributed by atoms with Crippen LogP contribution in [0.15, 0.2) is 27.9 Å². The molecule has 3 saturated heterocycles. The number of hydrogen-bond donors (Lipinski definition) is 0. The summed E-state index contributed by atoms with van der Waals surface area (Å²) in [6.45, 7) is 0.528. The number of sulfonamides is 1. The van der Waals surface area contributed by atoms with Gasteiger partial charge in [-0.05, 0) is 31.0 Å². The Kier molecular flexibility index (Phi) is 3.78. The van der Waals surface area contributed by atoms with Crippen molar-refractivity contribution in [2.24, 2.45) is 20.0 Å². The summed E-state index contributed by atoms with van der Waals surface area (Å²) in [6.07, 6.45) is 1.55. The molecule has 0 aliphatic carbocycles. The Hall–Kier alpha value is -2.13. The molecule has 2 bridgehead atoms. The molecule has 4 heterocycles. The minimum absolute atomic E-state index is 0.0276. The lowest BCUT2D eigenvalue weighted by atomic mass is 9.95. The normalized spacial score (nSPS) is 24.4. The highest BCUT2D eigenvalue weighted by molar-refractivity contribution is 7.89. The average molecular weight is 378 g/mol. The maximum Gasteiger partial charge on any atom is 0.328 e. The highest BCUT2D eigenvalue weighted by Crippen LogP contribution is 2.31. The Balaban J connectivity index is 1.77. The molecule has 0 spiro atoms. The van der Waals surface area contributed by atoms with Crippen molar-refractivity contribution >= 4 is 27.0 Å². The molecule has 0 radical (unpaired) electrons. The molecular formula is C17H22N4O4S. The third-order valence-electron chi connectivity index (χ3n) is 5.81. The summed E-state index contributed by atoms with van der Waals surface area (Å²) in [5.74, 6) is -0.252. The number of aryl methyl sites for hydroxylation is 2. The van der Waals surface area contributed by atoms with E-state index in [4.69, 9.17) is 0 Å². The molecule has 3 fully saturated rings. The van der Waals surface area contributed by atoms with E-state index in [1.807, 2.05) is 0 Å². The first-order valence-corrected chi connectivity index (χ1v) is 10.1. The van der Waals surface area contributed by atoms with Crippen molar-refractivity contribution in [2.45, 2.75) is 23.8 Å². The molecule has 1 amide bonds. The fraction of sp³-hybridized carbons (Fsp3) is 0.529. The summed E-state index contributed by atoms with van der Waals surface area (Å²) in [5, 5.41) is 0. The van der Waals surface area contributed by atoms with Gasteiger partial charge in [0.15, 0.2) is 0 Å². The molecule has 140 valence electrons. The molecule has 3 aliphatic rings. The summed E-state index contributed by atoms with van der Waals surface area (Å²) < 4.78 is 30.8. The monoisotopic (exact) mass is 378 g/mol. The minimum Gasteiger partial charge on any atom is -0.341 e. The Labute approximate surface area is 151 Å². The molecule has 2 aromatic rings. The number of aromatic nitrogens is 2. The molecule has 1 aromatic heterocycles. The summed E-state index contributed by atoms with van der Waals surface area (Å²) in [5.41, 5.74) is 1.06. The van der Waals surface area contributed by atoms with Crippen LogP contribution in [0.5, 0.6) is 0 Å². The van der Waals surface area contributed by atoms with Crippen molar-refractivity contribution in [3.63, 3.8) is 0 Å². The molecular weight excluding hydrogens is 356 g/mol. The second-order valence-corrected chi connectivity index (χ2v) is 9.19. The van der Waals surface area contributed by atoms with Gasteiger partial charge in [-0.15, -0.1) is 0 Å². The number of imidazole rings is 1. The first-order valence-electron chi connectivity index (χ1n) is 8.64. The Morgan fingerprint density at radius 3 is 2.38 bits per heavy atom. The van der Waals surface area contributed by atoms with Crippen molar-refractivity contribution in [1.82, 2.24) is 18.3 Å². The van der Waals surface area contributed by atoms with Gasteiger partial charge in [-0.1, -0.05) is 0 Å². The fourth-order valence-corrected chi connectivity index (χ4v) is 5.65. The number of carbonyl (C=O) groups excluding carboxylic acids is 1. The maximum atomic E-state index is 13.2. The van der Waals surface area contributed by atoms with E-state index in [1.54, 1.807) is 38.2 Å². The van der Waals surface area contributed by atoms with E-state index in [2.05, 4.69) is 0 Å². The number of fused-ring (bicyclic) bond motifs is 5. The van der Waals surface area contributed by atoms with Crippen LogP contribution in [0, 0.1) is 5.92 Å². The van der Waals surface area contributed by atoms with E-state index < -0.39 is 10.0 Å². The number of carbonyl (C=O) groups is 1. The van der Waals surface area contributed by atoms with Crippen LogP contribution >= 0.6 is 0 Å². The number of hydrogen-bond acceptors (Lipinski definition) is 4. The predicted molar refractivity (Wildman–Crippen MR) is 96.2 cm³/mol. The van der Waals surface area contributed by atoms with Gasteiger partial charge in [-0.25, -0.2) is 13.2 Å². The smallest absolute Gasteiger partial charge is 0.328 e. The zero-order chi connectivity index (χ0) is 18.8. The highest BCUT2D eigenvalue weighted by Gasteiger charge is 2.42. The Morgan fingerprint density at radius 2 is 1.65 bits per heavy atom. The first kappa shape index (κ1) is 17.3. The van der Waals surface area contributed by atoms with E-state index >= 15 is 0 Å². The van der Waals surface area contributed by atoms with Crippen LogP contribution in [0.4, 0.5) is 0 Å². The average Bonchev–Trinajstić information content (AvgIpc) is 2.83. The predicted octanol–water partition coefficient (Wildman–Crippen LogP) is 0.118. The number of rotatable bonds is 2. The van der Waals surface area contributed by atoms with Crippen molar-refractivity contribution in [1.29, 1.82) is 0 Å². The summed E-state index contributed by atoms with van der Waals surface area (Å²) >= 11 is 0. The molecule has 3 aliphatic heterocycles. The fourth-order valence-electron chi connectivity index (χ4n) is 4.11. The second kappa shape index (κ2) is 5.68. The Bertz CT molecular complexity index is 1070. The Morgan fingerprint density at radius 1 is 0.962 bits per heavy atom.